The van der Waals surface area contributed by atoms with Gasteiger partial charge in [0.2, 0.25) is 0 Å². The van der Waals surface area contributed by atoms with Gasteiger partial charge in [0, 0.05) is 12.7 Å². The van der Waals surface area contributed by atoms with Crippen LogP contribution in [0.15, 0.2) is 12.3 Å². The number of halogens is 3. The predicted octanol–water partition coefficient (Wildman–Crippen LogP) is 1.78. The van der Waals surface area contributed by atoms with Crippen LogP contribution in [0.3, 0.4) is 0 Å². The number of ether oxygens (including phenoxy) is 2. The Bertz CT molecular complexity index is 415. The summed E-state index contributed by atoms with van der Waals surface area (Å²) in [5.41, 5.74) is 6.08. The monoisotopic (exact) mass is 266 g/mol. The Hall–Kier alpha value is -1.70. The molecule has 5 nitrogen and oxygen atoms in total. The van der Waals surface area contributed by atoms with Crippen LogP contribution >= 0.6 is 0 Å². The molecule has 0 unspecified atom stereocenters. The average molecular weight is 266 g/mol. The maximum Gasteiger partial charge on any atom is 0.522 e. The number of rotatable bonds is 5. The molecule has 0 aliphatic rings. The fourth-order valence-corrected chi connectivity index (χ4v) is 1.33. The summed E-state index contributed by atoms with van der Waals surface area (Å²) in [6.45, 7) is 1.08. The van der Waals surface area contributed by atoms with Gasteiger partial charge in [0.1, 0.15) is 12.3 Å². The van der Waals surface area contributed by atoms with Crippen molar-refractivity contribution in [2.45, 2.75) is 19.8 Å². The summed E-state index contributed by atoms with van der Waals surface area (Å²) in [6, 6.07) is 1.40. The van der Waals surface area contributed by atoms with Gasteiger partial charge in [0.25, 0.3) is 0 Å². The molecule has 0 atom stereocenters. The highest BCUT2D eigenvalue weighted by Gasteiger charge is 2.28. The number of nitrogen functional groups attached to an aromatic ring is 1. The first kappa shape index (κ1) is 14.4. The molecule has 1 rings (SSSR count). The molecular formula is C10H13F3N2O3. The van der Waals surface area contributed by atoms with Crippen LogP contribution < -0.4 is 5.73 Å². The molecule has 1 aromatic heterocycles. The van der Waals surface area contributed by atoms with Crippen LogP contribution in [0.4, 0.5) is 18.9 Å². The van der Waals surface area contributed by atoms with Gasteiger partial charge in [-0.05, 0) is 13.0 Å². The van der Waals surface area contributed by atoms with E-state index in [0.717, 1.165) is 0 Å². The summed E-state index contributed by atoms with van der Waals surface area (Å²) in [6.07, 6.45) is -3.18. The molecule has 0 radical (unpaired) electrons. The summed E-state index contributed by atoms with van der Waals surface area (Å²) in [5, 5.41) is 0. The highest BCUT2D eigenvalue weighted by atomic mass is 19.4. The van der Waals surface area contributed by atoms with Gasteiger partial charge in [-0.2, -0.15) is 0 Å². The van der Waals surface area contributed by atoms with Crippen LogP contribution in [0.1, 0.15) is 17.4 Å². The molecule has 0 aliphatic carbocycles. The molecule has 0 amide bonds. The summed E-state index contributed by atoms with van der Waals surface area (Å²) < 4.78 is 44.6. The number of nitrogens with two attached hydrogens (primary N) is 1. The summed E-state index contributed by atoms with van der Waals surface area (Å²) in [7, 11) is 0. The van der Waals surface area contributed by atoms with Gasteiger partial charge in [-0.15, -0.1) is 13.2 Å². The lowest BCUT2D eigenvalue weighted by Gasteiger charge is -2.09. The van der Waals surface area contributed by atoms with Crippen molar-refractivity contribution < 1.29 is 27.4 Å². The maximum absolute atomic E-state index is 11.6. The fraction of sp³-hybridized carbons (Fsp3) is 0.500. The largest absolute Gasteiger partial charge is 0.522 e. The van der Waals surface area contributed by atoms with E-state index in [1.165, 1.54) is 6.07 Å². The fourth-order valence-electron chi connectivity index (χ4n) is 1.33. The van der Waals surface area contributed by atoms with Crippen LogP contribution in [-0.4, -0.2) is 30.1 Å². The smallest absolute Gasteiger partial charge is 0.459 e. The Balaban J connectivity index is 2.45. The molecule has 8 heteroatoms. The lowest BCUT2D eigenvalue weighted by Crippen LogP contribution is -2.19. The minimum absolute atomic E-state index is 0.196. The van der Waals surface area contributed by atoms with E-state index < -0.39 is 25.5 Å². The topological polar surface area (TPSA) is 66.5 Å². The van der Waals surface area contributed by atoms with E-state index in [2.05, 4.69) is 9.47 Å². The minimum Gasteiger partial charge on any atom is -0.459 e. The molecule has 1 aromatic rings. The Morgan fingerprint density at radius 3 is 2.67 bits per heavy atom. The van der Waals surface area contributed by atoms with Gasteiger partial charge < -0.3 is 15.0 Å². The maximum atomic E-state index is 11.6. The third-order valence-corrected chi connectivity index (χ3v) is 2.05. The molecular weight excluding hydrogens is 253 g/mol. The van der Waals surface area contributed by atoms with Crippen molar-refractivity contribution >= 4 is 11.7 Å². The summed E-state index contributed by atoms with van der Waals surface area (Å²) in [4.78, 5) is 11.5. The first-order valence-electron chi connectivity index (χ1n) is 5.17. The summed E-state index contributed by atoms with van der Waals surface area (Å²) >= 11 is 0. The van der Waals surface area contributed by atoms with Gasteiger partial charge in [0.15, 0.2) is 0 Å². The van der Waals surface area contributed by atoms with Crippen molar-refractivity contribution in [2.75, 3.05) is 18.9 Å². The van der Waals surface area contributed by atoms with E-state index >= 15 is 0 Å². The zero-order valence-electron chi connectivity index (χ0n) is 9.66. The van der Waals surface area contributed by atoms with Crippen LogP contribution in [0.25, 0.3) is 0 Å². The van der Waals surface area contributed by atoms with E-state index in [0.29, 0.717) is 12.2 Å². The number of anilines is 1. The molecule has 0 aliphatic heterocycles. The standard InChI is InChI=1S/C10H13F3N2O3/c1-2-15-6-7(14)5-8(15)9(16)17-3-4-18-10(11,12)13/h5-6H,2-4,14H2,1H3. The number of aromatic nitrogens is 1. The number of hydrogen-bond acceptors (Lipinski definition) is 4. The lowest BCUT2D eigenvalue weighted by atomic mass is 10.4. The first-order valence-corrected chi connectivity index (χ1v) is 5.17. The number of carbonyl (C=O) groups excluding carboxylic acids is 1. The van der Waals surface area contributed by atoms with Gasteiger partial charge >= 0.3 is 12.3 Å². The molecule has 0 fully saturated rings. The Morgan fingerprint density at radius 2 is 2.11 bits per heavy atom. The lowest BCUT2D eigenvalue weighted by molar-refractivity contribution is -0.326. The molecule has 0 saturated heterocycles. The zero-order valence-corrected chi connectivity index (χ0v) is 9.66. The second-order valence-electron chi connectivity index (χ2n) is 3.37. The Kier molecular flexibility index (Phi) is 4.60. The van der Waals surface area contributed by atoms with Crippen molar-refractivity contribution in [1.82, 2.24) is 4.57 Å². The molecule has 2 N–H and O–H groups in total. The first-order chi connectivity index (χ1) is 8.33. The van der Waals surface area contributed by atoms with Gasteiger partial charge in [-0.25, -0.2) is 4.79 Å². The van der Waals surface area contributed by atoms with Crippen molar-refractivity contribution in [3.63, 3.8) is 0 Å². The Labute approximate surface area is 101 Å². The van der Waals surface area contributed by atoms with E-state index in [1.807, 2.05) is 0 Å². The van der Waals surface area contributed by atoms with Crippen molar-refractivity contribution in [3.8, 4) is 0 Å². The van der Waals surface area contributed by atoms with Crippen LogP contribution in [0, 0.1) is 0 Å². The van der Waals surface area contributed by atoms with Crippen LogP contribution in [-0.2, 0) is 16.0 Å². The van der Waals surface area contributed by atoms with E-state index in [4.69, 9.17) is 5.73 Å². The van der Waals surface area contributed by atoms with Crippen LogP contribution in [0.5, 0.6) is 0 Å². The average Bonchev–Trinajstić information content (AvgIpc) is 2.64. The van der Waals surface area contributed by atoms with Gasteiger partial charge in [0.05, 0.1) is 12.3 Å². The summed E-state index contributed by atoms with van der Waals surface area (Å²) in [5.74, 6) is -0.737. The number of carbonyl (C=O) groups is 1. The molecule has 0 saturated carbocycles. The molecule has 102 valence electrons. The second-order valence-corrected chi connectivity index (χ2v) is 3.37. The number of aryl methyl sites for hydroxylation is 1. The van der Waals surface area contributed by atoms with E-state index in [1.54, 1.807) is 17.7 Å². The van der Waals surface area contributed by atoms with Crippen molar-refractivity contribution in [2.24, 2.45) is 0 Å². The zero-order chi connectivity index (χ0) is 13.8. The van der Waals surface area contributed by atoms with E-state index in [9.17, 15) is 18.0 Å². The molecule has 1 heterocycles. The number of alkyl halides is 3. The third-order valence-electron chi connectivity index (χ3n) is 2.05. The predicted molar refractivity (Wildman–Crippen MR) is 56.8 cm³/mol. The number of nitrogens with zero attached hydrogens (tertiary/aromatic N) is 1. The third kappa shape index (κ3) is 4.28. The van der Waals surface area contributed by atoms with E-state index in [-0.39, 0.29) is 5.69 Å². The Morgan fingerprint density at radius 1 is 1.44 bits per heavy atom. The molecule has 0 bridgehead atoms. The minimum atomic E-state index is -4.72. The van der Waals surface area contributed by atoms with Crippen molar-refractivity contribution in [1.29, 1.82) is 0 Å². The normalized spacial score (nSPS) is 11.6. The highest BCUT2D eigenvalue weighted by molar-refractivity contribution is 5.89. The number of esters is 1. The van der Waals surface area contributed by atoms with Crippen molar-refractivity contribution in [3.05, 3.63) is 18.0 Å². The molecule has 0 spiro atoms. The molecule has 0 aromatic carbocycles. The second kappa shape index (κ2) is 5.76. The van der Waals surface area contributed by atoms with Gasteiger partial charge in [-0.3, -0.25) is 4.74 Å². The SMILES string of the molecule is CCn1cc(N)cc1C(=O)OCCOC(F)(F)F. The van der Waals surface area contributed by atoms with Gasteiger partial charge in [-0.1, -0.05) is 0 Å². The number of hydrogen-bond donors (Lipinski definition) is 1. The highest BCUT2D eigenvalue weighted by Crippen LogP contribution is 2.16. The quantitative estimate of drug-likeness (QED) is 0.651. The molecule has 18 heavy (non-hydrogen) atoms. The van der Waals surface area contributed by atoms with Crippen LogP contribution in [0.2, 0.25) is 0 Å².